The molecule has 1 aromatic heterocycles. The van der Waals surface area contributed by atoms with E-state index < -0.39 is 35.3 Å². The molecule has 3 fully saturated rings. The molecular weight excluding hydrogens is 471 g/mol. The molecule has 2 N–H and O–H groups in total. The van der Waals surface area contributed by atoms with E-state index in [0.29, 0.717) is 64.1 Å². The van der Waals surface area contributed by atoms with E-state index in [-0.39, 0.29) is 18.6 Å². The minimum Gasteiger partial charge on any atom is -0.380 e. The Morgan fingerprint density at radius 3 is 2.39 bits per heavy atom. The molecule has 1 saturated carbocycles. The quantitative estimate of drug-likeness (QED) is 0.520. The van der Waals surface area contributed by atoms with Gasteiger partial charge in [-0.1, -0.05) is 0 Å². The molecule has 2 saturated heterocycles. The van der Waals surface area contributed by atoms with E-state index >= 15 is 0 Å². The van der Waals surface area contributed by atoms with Gasteiger partial charge < -0.3 is 29.9 Å². The van der Waals surface area contributed by atoms with Crippen LogP contribution in [0.3, 0.4) is 0 Å². The van der Waals surface area contributed by atoms with Gasteiger partial charge in [-0.05, 0) is 44.9 Å². The molecule has 11 nitrogen and oxygen atoms in total. The zero-order valence-electron chi connectivity index (χ0n) is 20.9. The Balaban J connectivity index is 1.40. The van der Waals surface area contributed by atoms with E-state index in [1.807, 2.05) is 4.90 Å². The minimum atomic E-state index is -1.36. The van der Waals surface area contributed by atoms with Crippen LogP contribution in [0.2, 0.25) is 0 Å². The zero-order valence-corrected chi connectivity index (χ0v) is 20.9. The highest BCUT2D eigenvalue weighted by molar-refractivity contribution is 6.34. The monoisotopic (exact) mass is 506 g/mol. The van der Waals surface area contributed by atoms with Crippen molar-refractivity contribution in [1.29, 1.82) is 0 Å². The van der Waals surface area contributed by atoms with Crippen molar-refractivity contribution in [3.63, 3.8) is 0 Å². The SMILES string of the molecule is CN(C)C(=O)C(=O)NC1CCCN(C(=O)C2(O)CCC2)C1COC1CCN(c2ncc(F)cn2)CC1. The first-order valence-corrected chi connectivity index (χ1v) is 12.6. The largest absolute Gasteiger partial charge is 0.380 e. The van der Waals surface area contributed by atoms with Crippen molar-refractivity contribution in [2.45, 2.75) is 68.7 Å². The summed E-state index contributed by atoms with van der Waals surface area (Å²) in [7, 11) is 3.02. The summed E-state index contributed by atoms with van der Waals surface area (Å²) >= 11 is 0. The molecule has 36 heavy (non-hydrogen) atoms. The summed E-state index contributed by atoms with van der Waals surface area (Å²) in [5.74, 6) is -1.72. The number of amides is 3. The smallest absolute Gasteiger partial charge is 0.311 e. The molecule has 0 aromatic carbocycles. The number of likely N-dealkylation sites (N-methyl/N-ethyl adjacent to an activating group) is 1. The number of aromatic nitrogens is 2. The molecule has 3 heterocycles. The van der Waals surface area contributed by atoms with Gasteiger partial charge in [-0.2, -0.15) is 0 Å². The minimum absolute atomic E-state index is 0.0767. The predicted molar refractivity (Wildman–Crippen MR) is 127 cm³/mol. The Kier molecular flexibility index (Phi) is 8.04. The molecule has 0 radical (unpaired) electrons. The lowest BCUT2D eigenvalue weighted by atomic mass is 9.78. The Bertz CT molecular complexity index is 949. The van der Waals surface area contributed by atoms with Crippen LogP contribution in [0.15, 0.2) is 12.4 Å². The van der Waals surface area contributed by atoms with E-state index in [1.165, 1.54) is 19.0 Å². The number of nitrogens with zero attached hydrogens (tertiary/aromatic N) is 5. The third-order valence-corrected chi connectivity index (χ3v) is 7.37. The number of halogens is 1. The van der Waals surface area contributed by atoms with Gasteiger partial charge in [-0.3, -0.25) is 14.4 Å². The molecule has 0 spiro atoms. The first kappa shape index (κ1) is 26.2. The predicted octanol–water partition coefficient (Wildman–Crippen LogP) is 0.0801. The van der Waals surface area contributed by atoms with Crippen LogP contribution in [0.4, 0.5) is 10.3 Å². The molecule has 198 valence electrons. The highest BCUT2D eigenvalue weighted by Gasteiger charge is 2.48. The molecule has 1 aliphatic carbocycles. The Labute approximate surface area is 210 Å². The average molecular weight is 507 g/mol. The van der Waals surface area contributed by atoms with Crippen LogP contribution >= 0.6 is 0 Å². The van der Waals surface area contributed by atoms with Gasteiger partial charge in [0.25, 0.3) is 5.91 Å². The molecule has 12 heteroatoms. The normalized spacial score (nSPS) is 24.1. The molecular formula is C24H35FN6O5. The van der Waals surface area contributed by atoms with Crippen molar-refractivity contribution >= 4 is 23.7 Å². The standard InChI is InChI=1S/C24H35FN6O5/c1-29(2)21(33)20(32)28-18-5-3-10-31(22(34)24(35)8-4-9-24)19(18)15-36-17-6-11-30(12-7-17)23-26-13-16(25)14-27-23/h13-14,17-19,35H,3-12,15H2,1-2H3,(H,28,32). The van der Waals surface area contributed by atoms with Crippen molar-refractivity contribution in [3.8, 4) is 0 Å². The molecule has 1 aromatic rings. The number of nitrogens with one attached hydrogen (secondary N) is 1. The van der Waals surface area contributed by atoms with Crippen LogP contribution in [0.25, 0.3) is 0 Å². The van der Waals surface area contributed by atoms with E-state index in [0.717, 1.165) is 18.8 Å². The van der Waals surface area contributed by atoms with E-state index in [4.69, 9.17) is 4.74 Å². The van der Waals surface area contributed by atoms with Gasteiger partial charge in [0, 0.05) is 33.7 Å². The van der Waals surface area contributed by atoms with Crippen LogP contribution in [0.1, 0.15) is 44.9 Å². The lowest BCUT2D eigenvalue weighted by Crippen LogP contribution is -2.65. The van der Waals surface area contributed by atoms with Crippen LogP contribution in [-0.4, -0.2) is 107 Å². The van der Waals surface area contributed by atoms with Gasteiger partial charge in [0.05, 0.1) is 37.2 Å². The molecule has 2 unspecified atom stereocenters. The summed E-state index contributed by atoms with van der Waals surface area (Å²) in [6.07, 6.45) is 6.50. The number of aliphatic hydroxyl groups is 1. The molecule has 4 rings (SSSR count). The summed E-state index contributed by atoms with van der Waals surface area (Å²) in [6, 6.07) is -0.955. The van der Waals surface area contributed by atoms with Crippen LogP contribution in [0, 0.1) is 5.82 Å². The van der Waals surface area contributed by atoms with Crippen LogP contribution < -0.4 is 10.2 Å². The van der Waals surface area contributed by atoms with Crippen molar-refractivity contribution in [3.05, 3.63) is 18.2 Å². The molecule has 0 bridgehead atoms. The van der Waals surface area contributed by atoms with Gasteiger partial charge in [0.1, 0.15) is 5.60 Å². The summed E-state index contributed by atoms with van der Waals surface area (Å²) in [6.45, 7) is 1.92. The summed E-state index contributed by atoms with van der Waals surface area (Å²) in [4.78, 5) is 50.8. The molecule has 3 amide bonds. The number of ether oxygens (including phenoxy) is 1. The third kappa shape index (κ3) is 5.75. The second-order valence-corrected chi connectivity index (χ2v) is 10.1. The number of hydrogen-bond donors (Lipinski definition) is 2. The highest BCUT2D eigenvalue weighted by Crippen LogP contribution is 2.35. The Hall–Kier alpha value is -2.86. The maximum atomic E-state index is 13.2. The second kappa shape index (κ2) is 11.0. The summed E-state index contributed by atoms with van der Waals surface area (Å²) < 4.78 is 19.4. The number of anilines is 1. The number of carbonyl (C=O) groups is 3. The van der Waals surface area contributed by atoms with E-state index in [2.05, 4.69) is 15.3 Å². The fraction of sp³-hybridized carbons (Fsp3) is 0.708. The van der Waals surface area contributed by atoms with Crippen molar-refractivity contribution in [2.24, 2.45) is 0 Å². The van der Waals surface area contributed by atoms with Gasteiger partial charge in [0.15, 0.2) is 5.82 Å². The fourth-order valence-electron chi connectivity index (χ4n) is 5.04. The first-order valence-electron chi connectivity index (χ1n) is 12.6. The van der Waals surface area contributed by atoms with Crippen molar-refractivity contribution < 1.29 is 28.6 Å². The third-order valence-electron chi connectivity index (χ3n) is 7.37. The van der Waals surface area contributed by atoms with Gasteiger partial charge >= 0.3 is 11.8 Å². The number of piperidine rings is 2. The number of likely N-dealkylation sites (tertiary alicyclic amines) is 1. The lowest BCUT2D eigenvalue weighted by Gasteiger charge is -2.47. The Morgan fingerprint density at radius 1 is 1.14 bits per heavy atom. The van der Waals surface area contributed by atoms with Gasteiger partial charge in [-0.15, -0.1) is 0 Å². The topological polar surface area (TPSA) is 128 Å². The first-order chi connectivity index (χ1) is 17.2. The zero-order chi connectivity index (χ0) is 25.9. The van der Waals surface area contributed by atoms with Crippen LogP contribution in [-0.2, 0) is 19.1 Å². The fourth-order valence-corrected chi connectivity index (χ4v) is 5.04. The molecule has 2 aliphatic heterocycles. The van der Waals surface area contributed by atoms with Crippen LogP contribution in [0.5, 0.6) is 0 Å². The average Bonchev–Trinajstić information content (AvgIpc) is 2.86. The van der Waals surface area contributed by atoms with Gasteiger partial charge in [0.2, 0.25) is 5.95 Å². The highest BCUT2D eigenvalue weighted by atomic mass is 19.1. The number of carbonyl (C=O) groups excluding carboxylic acids is 3. The maximum Gasteiger partial charge on any atom is 0.311 e. The summed E-state index contributed by atoms with van der Waals surface area (Å²) in [5, 5.41) is 13.5. The maximum absolute atomic E-state index is 13.2. The molecule has 3 aliphatic rings. The van der Waals surface area contributed by atoms with Crippen molar-refractivity contribution in [2.75, 3.05) is 45.2 Å². The lowest BCUT2D eigenvalue weighted by molar-refractivity contribution is -0.168. The van der Waals surface area contributed by atoms with Gasteiger partial charge in [-0.25, -0.2) is 14.4 Å². The van der Waals surface area contributed by atoms with E-state index in [9.17, 15) is 23.9 Å². The number of rotatable bonds is 6. The second-order valence-electron chi connectivity index (χ2n) is 10.1. The van der Waals surface area contributed by atoms with E-state index in [1.54, 1.807) is 4.90 Å². The van der Waals surface area contributed by atoms with Crippen molar-refractivity contribution in [1.82, 2.24) is 25.1 Å². The number of hydrogen-bond acceptors (Lipinski definition) is 8. The summed E-state index contributed by atoms with van der Waals surface area (Å²) in [5.41, 5.74) is -1.36. The molecule has 2 atom stereocenters. The Morgan fingerprint density at radius 2 is 1.81 bits per heavy atom.